The Morgan fingerprint density at radius 3 is 2.29 bits per heavy atom. The highest BCUT2D eigenvalue weighted by Gasteiger charge is 2.28. The van der Waals surface area contributed by atoms with Crippen LogP contribution in [0.15, 0.2) is 42.5 Å². The minimum Gasteiger partial charge on any atom is -0.350 e. The number of amides is 2. The molecule has 2 amide bonds. The normalized spacial score (nSPS) is 12.4. The van der Waals surface area contributed by atoms with Crippen LogP contribution in [-0.2, 0) is 21.9 Å². The highest BCUT2D eigenvalue weighted by molar-refractivity contribution is 7.99. The van der Waals surface area contributed by atoms with Gasteiger partial charge in [0.2, 0.25) is 11.8 Å². The smallest absolute Gasteiger partial charge is 0.242 e. The van der Waals surface area contributed by atoms with E-state index in [4.69, 9.17) is 0 Å². The first-order valence-corrected chi connectivity index (χ1v) is 11.6. The quantitative estimate of drug-likeness (QED) is 0.623. The van der Waals surface area contributed by atoms with Gasteiger partial charge in [0.15, 0.2) is 0 Å². The van der Waals surface area contributed by atoms with Crippen LogP contribution in [-0.4, -0.2) is 34.0 Å². The van der Waals surface area contributed by atoms with Gasteiger partial charge >= 0.3 is 0 Å². The van der Waals surface area contributed by atoms with E-state index in [9.17, 15) is 14.0 Å². The van der Waals surface area contributed by atoms with Gasteiger partial charge in [0, 0.05) is 23.4 Å². The van der Waals surface area contributed by atoms with Crippen LogP contribution < -0.4 is 5.32 Å². The van der Waals surface area contributed by atoms with Crippen molar-refractivity contribution in [3.63, 3.8) is 0 Å². The number of halogens is 1. The molecule has 0 bridgehead atoms. The van der Waals surface area contributed by atoms with Crippen LogP contribution in [0.4, 0.5) is 4.39 Å². The summed E-state index contributed by atoms with van der Waals surface area (Å²) >= 11 is 1.50. The molecule has 2 aromatic rings. The van der Waals surface area contributed by atoms with E-state index < -0.39 is 11.6 Å². The second-order valence-corrected chi connectivity index (χ2v) is 10.0. The van der Waals surface area contributed by atoms with Crippen LogP contribution in [0.25, 0.3) is 0 Å². The molecule has 0 saturated carbocycles. The lowest BCUT2D eigenvalue weighted by molar-refractivity contribution is -0.139. The minimum absolute atomic E-state index is 0.0499. The number of aryl methyl sites for hydroxylation is 2. The van der Waals surface area contributed by atoms with Crippen molar-refractivity contribution in [1.29, 1.82) is 0 Å². The number of nitrogens with one attached hydrogen (secondary N) is 1. The maximum atomic E-state index is 14.3. The van der Waals surface area contributed by atoms with Crippen LogP contribution in [0.2, 0.25) is 0 Å². The van der Waals surface area contributed by atoms with Gasteiger partial charge in [-0.15, -0.1) is 11.8 Å². The number of carbonyl (C=O) groups is 2. The summed E-state index contributed by atoms with van der Waals surface area (Å²) in [6.07, 6.45) is 0. The maximum absolute atomic E-state index is 14.3. The predicted octanol–water partition coefficient (Wildman–Crippen LogP) is 5.01. The zero-order valence-electron chi connectivity index (χ0n) is 19.3. The van der Waals surface area contributed by atoms with E-state index in [2.05, 4.69) is 37.4 Å². The van der Waals surface area contributed by atoms with Gasteiger partial charge in [0.25, 0.3) is 0 Å². The molecule has 6 heteroatoms. The first-order chi connectivity index (χ1) is 14.5. The fraction of sp³-hybridized carbons (Fsp3) is 0.440. The first-order valence-electron chi connectivity index (χ1n) is 10.5. The molecule has 0 unspecified atom stereocenters. The second-order valence-electron chi connectivity index (χ2n) is 9.02. The SMILES string of the molecule is Cc1cc(C)cc(CSCC(=O)N(Cc2ccccc2F)[C@@H](C)C(=O)NC(C)(C)C)c1. The Kier molecular flexibility index (Phi) is 8.69. The lowest BCUT2D eigenvalue weighted by Gasteiger charge is -2.31. The molecule has 0 aliphatic carbocycles. The number of rotatable bonds is 8. The molecule has 1 atom stereocenters. The van der Waals surface area contributed by atoms with Crippen molar-refractivity contribution < 1.29 is 14.0 Å². The van der Waals surface area contributed by atoms with Crippen molar-refractivity contribution in [2.24, 2.45) is 0 Å². The lowest BCUT2D eigenvalue weighted by atomic mass is 10.1. The predicted molar refractivity (Wildman–Crippen MR) is 126 cm³/mol. The fourth-order valence-electron chi connectivity index (χ4n) is 3.36. The van der Waals surface area contributed by atoms with E-state index >= 15 is 0 Å². The van der Waals surface area contributed by atoms with E-state index in [1.54, 1.807) is 25.1 Å². The third-order valence-electron chi connectivity index (χ3n) is 4.74. The standard InChI is InChI=1S/C25H33FN2O2S/c1-17-11-18(2)13-20(12-17)15-31-16-23(29)28(14-21-9-7-8-10-22(21)26)19(3)24(30)27-25(4,5)6/h7-13,19H,14-16H2,1-6H3,(H,27,30)/t19-/m0/s1. The van der Waals surface area contributed by atoms with Gasteiger partial charge < -0.3 is 10.2 Å². The molecule has 4 nitrogen and oxygen atoms in total. The first kappa shape index (κ1) is 24.9. The summed E-state index contributed by atoms with van der Waals surface area (Å²) < 4.78 is 14.3. The zero-order valence-corrected chi connectivity index (χ0v) is 20.1. The monoisotopic (exact) mass is 444 g/mol. The fourth-order valence-corrected chi connectivity index (χ4v) is 4.20. The molecule has 0 radical (unpaired) electrons. The molecule has 31 heavy (non-hydrogen) atoms. The summed E-state index contributed by atoms with van der Waals surface area (Å²) in [5.41, 5.74) is 3.52. The highest BCUT2D eigenvalue weighted by Crippen LogP contribution is 2.19. The van der Waals surface area contributed by atoms with E-state index in [1.807, 2.05) is 20.8 Å². The van der Waals surface area contributed by atoms with Gasteiger partial charge in [-0.1, -0.05) is 47.5 Å². The number of hydrogen-bond donors (Lipinski definition) is 1. The molecule has 0 aliphatic rings. The molecular weight excluding hydrogens is 411 g/mol. The third-order valence-corrected chi connectivity index (χ3v) is 5.73. The molecule has 2 rings (SSSR count). The van der Waals surface area contributed by atoms with E-state index in [0.29, 0.717) is 11.3 Å². The van der Waals surface area contributed by atoms with Crippen LogP contribution in [0.3, 0.4) is 0 Å². The highest BCUT2D eigenvalue weighted by atomic mass is 32.2. The molecule has 0 aromatic heterocycles. The summed E-state index contributed by atoms with van der Waals surface area (Å²) in [4.78, 5) is 27.3. The van der Waals surface area contributed by atoms with Crippen molar-refractivity contribution >= 4 is 23.6 Å². The largest absolute Gasteiger partial charge is 0.350 e. The average molecular weight is 445 g/mol. The summed E-state index contributed by atoms with van der Waals surface area (Å²) in [6.45, 7) is 11.5. The number of carbonyl (C=O) groups excluding carboxylic acids is 2. The maximum Gasteiger partial charge on any atom is 0.242 e. The molecule has 0 heterocycles. The van der Waals surface area contributed by atoms with Gasteiger partial charge in [-0.3, -0.25) is 9.59 Å². The summed E-state index contributed by atoms with van der Waals surface area (Å²) in [5.74, 6) is 0.0937. The molecule has 0 saturated heterocycles. The summed E-state index contributed by atoms with van der Waals surface area (Å²) in [5, 5.41) is 2.92. The number of benzene rings is 2. The van der Waals surface area contributed by atoms with E-state index in [1.165, 1.54) is 33.9 Å². The number of hydrogen-bond acceptors (Lipinski definition) is 3. The molecule has 0 fully saturated rings. The van der Waals surface area contributed by atoms with Crippen molar-refractivity contribution in [1.82, 2.24) is 10.2 Å². The van der Waals surface area contributed by atoms with Gasteiger partial charge in [-0.25, -0.2) is 4.39 Å². The third kappa shape index (κ3) is 8.02. The lowest BCUT2D eigenvalue weighted by Crippen LogP contribution is -2.52. The zero-order chi connectivity index (χ0) is 23.2. The Labute approximate surface area is 189 Å². The Morgan fingerprint density at radius 2 is 1.71 bits per heavy atom. The average Bonchev–Trinajstić information content (AvgIpc) is 2.64. The summed E-state index contributed by atoms with van der Waals surface area (Å²) in [6, 6.07) is 12.0. The Morgan fingerprint density at radius 1 is 1.10 bits per heavy atom. The van der Waals surface area contributed by atoms with Crippen LogP contribution in [0, 0.1) is 19.7 Å². The molecule has 2 aromatic carbocycles. The summed E-state index contributed by atoms with van der Waals surface area (Å²) in [7, 11) is 0. The van der Waals surface area contributed by atoms with Gasteiger partial charge in [0.1, 0.15) is 11.9 Å². The molecule has 0 aliphatic heterocycles. The van der Waals surface area contributed by atoms with Gasteiger partial charge in [0.05, 0.1) is 5.75 Å². The van der Waals surface area contributed by atoms with Crippen molar-refractivity contribution in [3.05, 3.63) is 70.5 Å². The van der Waals surface area contributed by atoms with Crippen LogP contribution in [0.5, 0.6) is 0 Å². The molecule has 0 spiro atoms. The van der Waals surface area contributed by atoms with Gasteiger partial charge in [-0.2, -0.15) is 0 Å². The minimum atomic E-state index is -0.715. The van der Waals surface area contributed by atoms with Crippen LogP contribution >= 0.6 is 11.8 Å². The van der Waals surface area contributed by atoms with E-state index in [-0.39, 0.29) is 29.9 Å². The molecule has 1 N–H and O–H groups in total. The van der Waals surface area contributed by atoms with Crippen molar-refractivity contribution in [2.75, 3.05) is 5.75 Å². The number of thioether (sulfide) groups is 1. The Bertz CT molecular complexity index is 904. The molecular formula is C25H33FN2O2S. The van der Waals surface area contributed by atoms with E-state index in [0.717, 1.165) is 5.56 Å². The van der Waals surface area contributed by atoms with Crippen molar-refractivity contribution in [2.45, 2.75) is 65.4 Å². The Hall–Kier alpha value is -2.34. The van der Waals surface area contributed by atoms with Gasteiger partial charge in [-0.05, 0) is 53.2 Å². The Balaban J connectivity index is 2.13. The number of nitrogens with zero attached hydrogens (tertiary/aromatic N) is 1. The van der Waals surface area contributed by atoms with Crippen molar-refractivity contribution in [3.8, 4) is 0 Å². The molecule has 168 valence electrons. The second kappa shape index (κ2) is 10.8. The van der Waals surface area contributed by atoms with Crippen LogP contribution in [0.1, 0.15) is 49.9 Å². The topological polar surface area (TPSA) is 49.4 Å².